The van der Waals surface area contributed by atoms with E-state index in [1.165, 1.54) is 0 Å². The summed E-state index contributed by atoms with van der Waals surface area (Å²) in [7, 11) is 3.24. The molecule has 34 heavy (non-hydrogen) atoms. The van der Waals surface area contributed by atoms with E-state index in [1.807, 2.05) is 54.6 Å². The van der Waals surface area contributed by atoms with Gasteiger partial charge in [0.25, 0.3) is 5.89 Å². The number of nitrogens with two attached hydrogens (primary N) is 1. The fourth-order valence-corrected chi connectivity index (χ4v) is 3.51. The summed E-state index contributed by atoms with van der Waals surface area (Å²) in [6.07, 6.45) is 0.241. The Balaban J connectivity index is 0.00000324. The molecule has 0 amide bonds. The van der Waals surface area contributed by atoms with Crippen LogP contribution >= 0.6 is 12.4 Å². The van der Waals surface area contributed by atoms with Crippen molar-refractivity contribution in [3.05, 3.63) is 72.3 Å². The molecule has 1 heterocycles. The lowest BCUT2D eigenvalue weighted by Gasteiger charge is -2.13. The van der Waals surface area contributed by atoms with E-state index in [4.69, 9.17) is 24.8 Å². The Bertz CT molecular complexity index is 1270. The lowest BCUT2D eigenvalue weighted by molar-refractivity contribution is -0.138. The second kappa shape index (κ2) is 10.8. The average Bonchev–Trinajstić information content (AvgIpc) is 3.34. The van der Waals surface area contributed by atoms with Gasteiger partial charge in [-0.15, -0.1) is 12.4 Å². The van der Waals surface area contributed by atoms with Crippen molar-refractivity contribution in [2.75, 3.05) is 14.2 Å². The average molecular weight is 482 g/mol. The number of hydrogen-bond acceptors (Lipinski definition) is 7. The largest absolute Gasteiger partial charge is 0.496 e. The fraction of sp³-hybridized carbons (Fsp3) is 0.160. The number of carboxylic acid groups (broad SMARTS) is 1. The van der Waals surface area contributed by atoms with Crippen molar-refractivity contribution in [3.63, 3.8) is 0 Å². The summed E-state index contributed by atoms with van der Waals surface area (Å²) in [4.78, 5) is 15.5. The van der Waals surface area contributed by atoms with Gasteiger partial charge in [0.2, 0.25) is 5.82 Å². The maximum Gasteiger partial charge on any atom is 0.320 e. The van der Waals surface area contributed by atoms with Crippen LogP contribution in [-0.2, 0) is 11.2 Å². The number of ether oxygens (including phenoxy) is 2. The molecule has 4 aromatic rings. The van der Waals surface area contributed by atoms with Crippen LogP contribution in [-0.4, -0.2) is 41.5 Å². The van der Waals surface area contributed by atoms with Crippen LogP contribution in [0.1, 0.15) is 5.56 Å². The molecule has 0 unspecified atom stereocenters. The minimum absolute atomic E-state index is 0. The third kappa shape index (κ3) is 5.19. The van der Waals surface area contributed by atoms with Crippen LogP contribution < -0.4 is 15.2 Å². The molecule has 0 aliphatic heterocycles. The van der Waals surface area contributed by atoms with Gasteiger partial charge in [-0.1, -0.05) is 47.6 Å². The highest BCUT2D eigenvalue weighted by atomic mass is 35.5. The Morgan fingerprint density at radius 1 is 0.971 bits per heavy atom. The zero-order chi connectivity index (χ0) is 23.4. The molecule has 0 saturated carbocycles. The lowest BCUT2D eigenvalue weighted by Crippen LogP contribution is -2.32. The summed E-state index contributed by atoms with van der Waals surface area (Å²) in [6.45, 7) is 0. The van der Waals surface area contributed by atoms with Crippen molar-refractivity contribution >= 4 is 18.4 Å². The van der Waals surface area contributed by atoms with Gasteiger partial charge in [-0.25, -0.2) is 0 Å². The van der Waals surface area contributed by atoms with E-state index in [9.17, 15) is 4.79 Å². The first-order chi connectivity index (χ1) is 16.0. The molecule has 0 bridgehead atoms. The van der Waals surface area contributed by atoms with Crippen molar-refractivity contribution in [3.8, 4) is 45.5 Å². The second-order valence-electron chi connectivity index (χ2n) is 7.38. The topological polar surface area (TPSA) is 121 Å². The van der Waals surface area contributed by atoms with Crippen LogP contribution in [0.25, 0.3) is 34.0 Å². The molecule has 0 saturated heterocycles. The molecule has 0 aliphatic carbocycles. The highest BCUT2D eigenvalue weighted by Gasteiger charge is 2.17. The third-order valence-corrected chi connectivity index (χ3v) is 5.25. The standard InChI is InChI=1S/C25H23N3O5.ClH/c1-31-21-6-4-3-5-18(21)19-14-17(11-12-22(19)32-2)24-27-23(28-33-24)16-9-7-15(8-10-16)13-20(26)25(29)30;/h3-12,14,20H,13,26H2,1-2H3,(H,29,30);1H/t20-;/m0./s1. The van der Waals surface area contributed by atoms with E-state index in [2.05, 4.69) is 10.1 Å². The highest BCUT2D eigenvalue weighted by molar-refractivity contribution is 5.85. The van der Waals surface area contributed by atoms with Gasteiger partial charge in [0.15, 0.2) is 0 Å². The number of carbonyl (C=O) groups is 1. The Morgan fingerprint density at radius 2 is 1.62 bits per heavy atom. The summed E-state index contributed by atoms with van der Waals surface area (Å²) in [5, 5.41) is 13.1. The summed E-state index contributed by atoms with van der Waals surface area (Å²) < 4.78 is 16.6. The van der Waals surface area contributed by atoms with E-state index < -0.39 is 12.0 Å². The molecule has 176 valence electrons. The van der Waals surface area contributed by atoms with Gasteiger partial charge in [-0.2, -0.15) is 4.98 Å². The Labute approximate surface area is 202 Å². The molecule has 0 fully saturated rings. The minimum atomic E-state index is -1.03. The highest BCUT2D eigenvalue weighted by Crippen LogP contribution is 2.38. The number of rotatable bonds is 8. The molecule has 0 spiro atoms. The molecular weight excluding hydrogens is 458 g/mol. The second-order valence-corrected chi connectivity index (χ2v) is 7.38. The summed E-state index contributed by atoms with van der Waals surface area (Å²) in [5.41, 5.74) is 9.62. The van der Waals surface area contributed by atoms with Gasteiger partial charge in [0, 0.05) is 22.3 Å². The fourth-order valence-electron chi connectivity index (χ4n) is 3.51. The predicted octanol–water partition coefficient (Wildman–Crippen LogP) is 4.46. The number of benzene rings is 3. The molecular formula is C25H24ClN3O5. The molecule has 3 aromatic carbocycles. The Kier molecular flexibility index (Phi) is 7.88. The van der Waals surface area contributed by atoms with Crippen LogP contribution in [0.2, 0.25) is 0 Å². The number of nitrogens with zero attached hydrogens (tertiary/aromatic N) is 2. The van der Waals surface area contributed by atoms with E-state index in [0.29, 0.717) is 17.5 Å². The summed E-state index contributed by atoms with van der Waals surface area (Å²) in [6, 6.07) is 19.6. The molecule has 1 aromatic heterocycles. The number of aliphatic carboxylic acids is 1. The van der Waals surface area contributed by atoms with Crippen molar-refractivity contribution < 1.29 is 23.9 Å². The monoisotopic (exact) mass is 481 g/mol. The molecule has 4 rings (SSSR count). The Morgan fingerprint density at radius 3 is 2.29 bits per heavy atom. The van der Waals surface area contributed by atoms with Gasteiger partial charge >= 0.3 is 5.97 Å². The van der Waals surface area contributed by atoms with Crippen molar-refractivity contribution in [1.82, 2.24) is 10.1 Å². The summed E-state index contributed by atoms with van der Waals surface area (Å²) >= 11 is 0. The zero-order valence-corrected chi connectivity index (χ0v) is 19.4. The number of para-hydroxylation sites is 1. The van der Waals surface area contributed by atoms with Gasteiger partial charge < -0.3 is 24.8 Å². The van der Waals surface area contributed by atoms with E-state index in [0.717, 1.165) is 33.6 Å². The smallest absolute Gasteiger partial charge is 0.320 e. The van der Waals surface area contributed by atoms with Gasteiger partial charge in [0.1, 0.15) is 17.5 Å². The molecule has 3 N–H and O–H groups in total. The van der Waals surface area contributed by atoms with Crippen LogP contribution in [0.15, 0.2) is 71.3 Å². The van der Waals surface area contributed by atoms with Gasteiger partial charge in [0.05, 0.1) is 14.2 Å². The van der Waals surface area contributed by atoms with E-state index >= 15 is 0 Å². The quantitative estimate of drug-likeness (QED) is 0.378. The lowest BCUT2D eigenvalue weighted by atomic mass is 10.0. The molecule has 8 nitrogen and oxygen atoms in total. The van der Waals surface area contributed by atoms with E-state index in [-0.39, 0.29) is 18.8 Å². The van der Waals surface area contributed by atoms with Crippen LogP contribution in [0.3, 0.4) is 0 Å². The molecule has 1 atom stereocenters. The predicted molar refractivity (Wildman–Crippen MR) is 130 cm³/mol. The first-order valence-electron chi connectivity index (χ1n) is 10.2. The van der Waals surface area contributed by atoms with Crippen LogP contribution in [0.5, 0.6) is 11.5 Å². The maximum atomic E-state index is 10.9. The minimum Gasteiger partial charge on any atom is -0.496 e. The van der Waals surface area contributed by atoms with Crippen molar-refractivity contribution in [1.29, 1.82) is 0 Å². The van der Waals surface area contributed by atoms with E-state index in [1.54, 1.807) is 26.4 Å². The zero-order valence-electron chi connectivity index (χ0n) is 18.6. The van der Waals surface area contributed by atoms with Crippen molar-refractivity contribution in [2.45, 2.75) is 12.5 Å². The van der Waals surface area contributed by atoms with Gasteiger partial charge in [-0.05, 0) is 36.2 Å². The summed E-state index contributed by atoms with van der Waals surface area (Å²) in [5.74, 6) is 1.17. The number of halogens is 1. The van der Waals surface area contributed by atoms with Gasteiger partial charge in [-0.3, -0.25) is 4.79 Å². The number of methoxy groups -OCH3 is 2. The SMILES string of the molecule is COc1ccccc1-c1cc(-c2nc(-c3ccc(C[C@H](N)C(=O)O)cc3)no2)ccc1OC.Cl. The number of hydrogen-bond donors (Lipinski definition) is 2. The van der Waals surface area contributed by atoms with Crippen LogP contribution in [0, 0.1) is 0 Å². The normalized spacial score (nSPS) is 11.4. The number of aromatic nitrogens is 2. The molecule has 0 radical (unpaired) electrons. The third-order valence-electron chi connectivity index (χ3n) is 5.25. The molecule has 9 heteroatoms. The Hall–Kier alpha value is -3.88. The first-order valence-corrected chi connectivity index (χ1v) is 10.2. The first kappa shape index (κ1) is 24.8. The maximum absolute atomic E-state index is 10.9. The molecule has 0 aliphatic rings. The number of carboxylic acids is 1. The van der Waals surface area contributed by atoms with Crippen molar-refractivity contribution in [2.24, 2.45) is 5.73 Å². The van der Waals surface area contributed by atoms with Crippen LogP contribution in [0.4, 0.5) is 0 Å².